The minimum absolute atomic E-state index is 1.05. The summed E-state index contributed by atoms with van der Waals surface area (Å²) >= 11 is 0. The fourth-order valence-corrected chi connectivity index (χ4v) is 1.52. The van der Waals surface area contributed by atoms with Gasteiger partial charge in [0.1, 0.15) is 0 Å². The second kappa shape index (κ2) is 3.26. The molecule has 0 saturated heterocycles. The fourth-order valence-electron chi connectivity index (χ4n) is 1.52. The number of pyridine rings is 1. The van der Waals surface area contributed by atoms with Gasteiger partial charge in [-0.15, -0.1) is 0 Å². The molecule has 0 aliphatic heterocycles. The molecule has 0 atom stereocenters. The van der Waals surface area contributed by atoms with Gasteiger partial charge in [-0.2, -0.15) is 0 Å². The van der Waals surface area contributed by atoms with Gasteiger partial charge >= 0.3 is 0 Å². The van der Waals surface area contributed by atoms with E-state index in [-0.39, 0.29) is 0 Å². The van der Waals surface area contributed by atoms with Crippen LogP contribution in [0.1, 0.15) is 16.7 Å². The largest absolute Gasteiger partial charge is 0.256 e. The highest BCUT2D eigenvalue weighted by Gasteiger charge is 1.99. The smallest absolute Gasteiger partial charge is 0.0705 e. The van der Waals surface area contributed by atoms with E-state index in [9.17, 15) is 0 Å². The van der Waals surface area contributed by atoms with Crippen molar-refractivity contribution in [1.29, 1.82) is 0 Å². The summed E-state index contributed by atoms with van der Waals surface area (Å²) < 4.78 is 0. The van der Waals surface area contributed by atoms with E-state index >= 15 is 0 Å². The lowest BCUT2D eigenvalue weighted by atomic mass is 10.1. The molecule has 0 unspecified atom stereocenters. The molecule has 0 saturated carbocycles. The summed E-state index contributed by atoms with van der Waals surface area (Å²) in [4.78, 5) is 4.38. The molecule has 0 radical (unpaired) electrons. The maximum atomic E-state index is 4.38. The van der Waals surface area contributed by atoms with Gasteiger partial charge in [0.25, 0.3) is 0 Å². The van der Waals surface area contributed by atoms with Gasteiger partial charge in [-0.25, -0.2) is 0 Å². The first-order valence-corrected chi connectivity index (χ1v) is 4.70. The van der Waals surface area contributed by atoms with E-state index in [0.717, 1.165) is 11.1 Å². The van der Waals surface area contributed by atoms with Crippen LogP contribution in [0.4, 0.5) is 0 Å². The minimum Gasteiger partial charge on any atom is -0.256 e. The summed E-state index contributed by atoms with van der Waals surface area (Å²) in [6, 6.07) is 6.41. The monoisotopic (exact) mass is 183 g/mol. The van der Waals surface area contributed by atoms with E-state index in [4.69, 9.17) is 0 Å². The second-order valence-corrected chi connectivity index (χ2v) is 3.60. The molecule has 70 valence electrons. The molecular formula is C13H13N. The molecule has 0 aliphatic carbocycles. The fraction of sp³-hybridized carbons (Fsp3) is 0.154. The van der Waals surface area contributed by atoms with E-state index in [1.165, 1.54) is 16.5 Å². The molecule has 1 aromatic carbocycles. The van der Waals surface area contributed by atoms with Crippen LogP contribution in [0, 0.1) is 13.8 Å². The lowest BCUT2D eigenvalue weighted by Gasteiger charge is -2.03. The molecule has 0 amide bonds. The zero-order chi connectivity index (χ0) is 10.1. The van der Waals surface area contributed by atoms with Gasteiger partial charge in [-0.3, -0.25) is 4.98 Å². The number of aryl methyl sites for hydroxylation is 2. The van der Waals surface area contributed by atoms with Gasteiger partial charge < -0.3 is 0 Å². The van der Waals surface area contributed by atoms with Gasteiger partial charge in [-0.1, -0.05) is 12.7 Å². The second-order valence-electron chi connectivity index (χ2n) is 3.60. The Morgan fingerprint density at radius 3 is 2.57 bits per heavy atom. The van der Waals surface area contributed by atoms with Crippen LogP contribution in [0.25, 0.3) is 17.0 Å². The van der Waals surface area contributed by atoms with Crippen LogP contribution in [0.3, 0.4) is 0 Å². The zero-order valence-corrected chi connectivity index (χ0v) is 8.54. The molecule has 0 fully saturated rings. The molecule has 0 spiro atoms. The molecule has 1 heteroatoms. The number of aromatic nitrogens is 1. The van der Waals surface area contributed by atoms with Gasteiger partial charge in [0.15, 0.2) is 0 Å². The van der Waals surface area contributed by atoms with Gasteiger partial charge in [0.05, 0.1) is 5.52 Å². The maximum Gasteiger partial charge on any atom is 0.0705 e. The van der Waals surface area contributed by atoms with Crippen molar-refractivity contribution in [1.82, 2.24) is 4.98 Å². The van der Waals surface area contributed by atoms with Crippen LogP contribution in [-0.4, -0.2) is 4.98 Å². The normalized spacial score (nSPS) is 10.4. The van der Waals surface area contributed by atoms with Crippen LogP contribution < -0.4 is 0 Å². The Labute approximate surface area is 84.1 Å². The van der Waals surface area contributed by atoms with E-state index in [1.807, 2.05) is 12.3 Å². The third-order valence-corrected chi connectivity index (χ3v) is 2.55. The number of benzene rings is 1. The lowest BCUT2D eigenvalue weighted by Crippen LogP contribution is -1.85. The molecule has 1 aromatic heterocycles. The van der Waals surface area contributed by atoms with Crippen molar-refractivity contribution in [2.75, 3.05) is 0 Å². The molecule has 0 N–H and O–H groups in total. The third-order valence-electron chi connectivity index (χ3n) is 2.55. The average molecular weight is 183 g/mol. The zero-order valence-electron chi connectivity index (χ0n) is 8.54. The molecule has 1 nitrogen and oxygen atoms in total. The summed E-state index contributed by atoms with van der Waals surface area (Å²) in [6.07, 6.45) is 3.67. The number of rotatable bonds is 1. The molecule has 0 bridgehead atoms. The third kappa shape index (κ3) is 1.41. The Kier molecular flexibility index (Phi) is 2.08. The number of fused-ring (bicyclic) bond motifs is 1. The Morgan fingerprint density at radius 2 is 1.86 bits per heavy atom. The molecular weight excluding hydrogens is 170 g/mol. The van der Waals surface area contributed by atoms with E-state index in [0.29, 0.717) is 0 Å². The number of hydrogen-bond donors (Lipinski definition) is 0. The Morgan fingerprint density at radius 1 is 1.14 bits per heavy atom. The summed E-state index contributed by atoms with van der Waals surface area (Å²) in [6.45, 7) is 7.97. The molecule has 14 heavy (non-hydrogen) atoms. The molecule has 2 aromatic rings. The first kappa shape index (κ1) is 8.95. The first-order chi connectivity index (χ1) is 6.70. The Balaban J connectivity index is 2.76. The highest BCUT2D eigenvalue weighted by Crippen LogP contribution is 2.18. The van der Waals surface area contributed by atoms with E-state index < -0.39 is 0 Å². The van der Waals surface area contributed by atoms with Crippen molar-refractivity contribution in [3.05, 3.63) is 47.7 Å². The van der Waals surface area contributed by atoms with E-state index in [2.05, 4.69) is 43.6 Å². The minimum atomic E-state index is 1.05. The van der Waals surface area contributed by atoms with Gasteiger partial charge in [0.2, 0.25) is 0 Å². The van der Waals surface area contributed by atoms with Crippen molar-refractivity contribution >= 4 is 17.0 Å². The van der Waals surface area contributed by atoms with Crippen molar-refractivity contribution < 1.29 is 0 Å². The quantitative estimate of drug-likeness (QED) is 0.659. The van der Waals surface area contributed by atoms with E-state index in [1.54, 1.807) is 0 Å². The topological polar surface area (TPSA) is 12.9 Å². The Hall–Kier alpha value is -1.63. The van der Waals surface area contributed by atoms with Crippen LogP contribution in [0.5, 0.6) is 0 Å². The molecule has 2 rings (SSSR count). The number of nitrogens with zero attached hydrogens (tertiary/aromatic N) is 1. The van der Waals surface area contributed by atoms with Crippen molar-refractivity contribution in [2.24, 2.45) is 0 Å². The maximum absolute atomic E-state index is 4.38. The van der Waals surface area contributed by atoms with Crippen LogP contribution in [0.15, 0.2) is 31.0 Å². The summed E-state index contributed by atoms with van der Waals surface area (Å²) in [5.41, 5.74) is 4.72. The Bertz CT molecular complexity index is 498. The first-order valence-electron chi connectivity index (χ1n) is 4.70. The summed E-state index contributed by atoms with van der Waals surface area (Å²) in [5.74, 6) is 0. The van der Waals surface area contributed by atoms with Crippen LogP contribution in [-0.2, 0) is 0 Å². The van der Waals surface area contributed by atoms with Gasteiger partial charge in [-0.05, 0) is 48.7 Å². The van der Waals surface area contributed by atoms with Crippen LogP contribution >= 0.6 is 0 Å². The van der Waals surface area contributed by atoms with Crippen LogP contribution in [0.2, 0.25) is 0 Å². The number of hydrogen-bond acceptors (Lipinski definition) is 1. The van der Waals surface area contributed by atoms with Crippen molar-refractivity contribution in [3.8, 4) is 0 Å². The standard InChI is InChI=1S/C13H13N/c1-4-11-7-12-5-9(2)10(3)6-13(12)14-8-11/h4-8H,1H2,2-3H3. The average Bonchev–Trinajstić information content (AvgIpc) is 2.19. The van der Waals surface area contributed by atoms with Crippen molar-refractivity contribution in [2.45, 2.75) is 13.8 Å². The van der Waals surface area contributed by atoms with Crippen molar-refractivity contribution in [3.63, 3.8) is 0 Å². The summed E-state index contributed by atoms with van der Waals surface area (Å²) in [7, 11) is 0. The predicted molar refractivity (Wildman–Crippen MR) is 61.3 cm³/mol. The van der Waals surface area contributed by atoms with Gasteiger partial charge in [0, 0.05) is 11.6 Å². The summed E-state index contributed by atoms with van der Waals surface area (Å²) in [5, 5.41) is 1.19. The lowest BCUT2D eigenvalue weighted by molar-refractivity contribution is 1.32. The predicted octanol–water partition coefficient (Wildman–Crippen LogP) is 3.49. The molecule has 1 heterocycles. The molecule has 0 aliphatic rings. The highest BCUT2D eigenvalue weighted by molar-refractivity contribution is 5.82. The SMILES string of the molecule is C=Cc1cnc2cc(C)c(C)cc2c1. The highest BCUT2D eigenvalue weighted by atomic mass is 14.6.